The summed E-state index contributed by atoms with van der Waals surface area (Å²) in [6.45, 7) is 6.04. The van der Waals surface area contributed by atoms with Crippen molar-refractivity contribution in [2.24, 2.45) is 0 Å². The van der Waals surface area contributed by atoms with Gasteiger partial charge in [-0.1, -0.05) is 12.1 Å². The van der Waals surface area contributed by atoms with Crippen molar-refractivity contribution in [3.63, 3.8) is 0 Å². The van der Waals surface area contributed by atoms with Gasteiger partial charge in [0, 0.05) is 78.8 Å². The molecular formula is C28H48N6. The summed E-state index contributed by atoms with van der Waals surface area (Å²) in [5.74, 6) is 0. The maximum Gasteiger partial charge on any atom is 0.0364 e. The Morgan fingerprint density at radius 2 is 0.824 bits per heavy atom. The normalized spacial score (nSPS) is 11.8. The van der Waals surface area contributed by atoms with E-state index in [1.807, 2.05) is 0 Å². The molecule has 0 fully saturated rings. The monoisotopic (exact) mass is 468 g/mol. The average molecular weight is 469 g/mol. The van der Waals surface area contributed by atoms with E-state index in [1.165, 1.54) is 33.6 Å². The Balaban J connectivity index is 2.48. The third-order valence-corrected chi connectivity index (χ3v) is 6.24. The van der Waals surface area contributed by atoms with Crippen molar-refractivity contribution in [1.29, 1.82) is 0 Å². The van der Waals surface area contributed by atoms with E-state index >= 15 is 0 Å². The molecule has 0 radical (unpaired) electrons. The highest BCUT2D eigenvalue weighted by Crippen LogP contribution is 2.33. The lowest BCUT2D eigenvalue weighted by atomic mass is 9.93. The largest absolute Gasteiger partial charge is 0.378 e. The summed E-state index contributed by atoms with van der Waals surface area (Å²) < 4.78 is 0. The molecule has 6 heteroatoms. The van der Waals surface area contributed by atoms with Crippen molar-refractivity contribution in [2.75, 3.05) is 106 Å². The van der Waals surface area contributed by atoms with E-state index in [0.717, 1.165) is 39.3 Å². The molecule has 6 nitrogen and oxygen atoms in total. The zero-order chi connectivity index (χ0) is 25.4. The van der Waals surface area contributed by atoms with Gasteiger partial charge in [0.15, 0.2) is 0 Å². The molecule has 2 aromatic rings. The molecule has 0 aliphatic carbocycles. The molecule has 0 aliphatic heterocycles. The highest BCUT2D eigenvalue weighted by molar-refractivity contribution is 5.75. The number of nitrogens with zero attached hydrogens (tertiary/aromatic N) is 6. The van der Waals surface area contributed by atoms with Gasteiger partial charge in [-0.2, -0.15) is 0 Å². The molecule has 2 aromatic carbocycles. The molecule has 0 aliphatic rings. The molecule has 0 aromatic heterocycles. The molecule has 0 amide bonds. The van der Waals surface area contributed by atoms with E-state index in [9.17, 15) is 0 Å². The Morgan fingerprint density at radius 1 is 0.471 bits per heavy atom. The van der Waals surface area contributed by atoms with Crippen molar-refractivity contribution in [3.05, 3.63) is 47.5 Å². The number of hydrogen-bond donors (Lipinski definition) is 0. The van der Waals surface area contributed by atoms with Gasteiger partial charge in [0.1, 0.15) is 0 Å². The summed E-state index contributed by atoms with van der Waals surface area (Å²) in [4.78, 5) is 13.7. The topological polar surface area (TPSA) is 19.4 Å². The maximum atomic E-state index is 2.43. The Bertz CT molecular complexity index is 817. The summed E-state index contributed by atoms with van der Waals surface area (Å²) in [5.41, 5.74) is 7.92. The lowest BCUT2D eigenvalue weighted by molar-refractivity contribution is 0.276. The average Bonchev–Trinajstić information content (AvgIpc) is 2.76. The zero-order valence-electron chi connectivity index (χ0n) is 23.4. The highest BCUT2D eigenvalue weighted by Gasteiger charge is 2.16. The number of hydrogen-bond acceptors (Lipinski definition) is 6. The predicted octanol–water partition coefficient (Wildman–Crippen LogP) is 3.47. The molecule has 34 heavy (non-hydrogen) atoms. The first kappa shape index (κ1) is 28.1. The third kappa shape index (κ3) is 8.58. The van der Waals surface area contributed by atoms with Crippen molar-refractivity contribution < 1.29 is 0 Å². The van der Waals surface area contributed by atoms with Crippen molar-refractivity contribution in [3.8, 4) is 11.1 Å². The molecule has 0 unspecified atom stereocenters. The second-order valence-corrected chi connectivity index (χ2v) is 10.6. The number of rotatable bonds is 13. The minimum absolute atomic E-state index is 0.927. The Morgan fingerprint density at radius 3 is 1.12 bits per heavy atom. The lowest BCUT2D eigenvalue weighted by Crippen LogP contribution is -2.29. The Kier molecular flexibility index (Phi) is 10.8. The number of anilines is 2. The number of likely N-dealkylation sites (N-methyl/N-ethyl adjacent to an activating group) is 4. The fourth-order valence-corrected chi connectivity index (χ4v) is 3.98. The molecular weight excluding hydrogens is 420 g/mol. The first-order chi connectivity index (χ1) is 16.0. The van der Waals surface area contributed by atoms with Crippen LogP contribution in [0.15, 0.2) is 36.4 Å². The zero-order valence-corrected chi connectivity index (χ0v) is 23.4. The van der Waals surface area contributed by atoms with Crippen LogP contribution in [0.3, 0.4) is 0 Å². The van der Waals surface area contributed by atoms with Crippen LogP contribution in [0.25, 0.3) is 11.1 Å². The van der Waals surface area contributed by atoms with Gasteiger partial charge < -0.3 is 29.4 Å². The van der Waals surface area contributed by atoms with Crippen LogP contribution in [0.5, 0.6) is 0 Å². The van der Waals surface area contributed by atoms with Gasteiger partial charge in [0.2, 0.25) is 0 Å². The predicted molar refractivity (Wildman–Crippen MR) is 150 cm³/mol. The summed E-state index contributed by atoms with van der Waals surface area (Å²) in [7, 11) is 21.5. The van der Waals surface area contributed by atoms with E-state index in [0.29, 0.717) is 0 Å². The van der Waals surface area contributed by atoms with Gasteiger partial charge in [-0.25, -0.2) is 0 Å². The van der Waals surface area contributed by atoms with Crippen molar-refractivity contribution in [2.45, 2.75) is 13.1 Å². The van der Waals surface area contributed by atoms with Crippen molar-refractivity contribution >= 4 is 11.4 Å². The van der Waals surface area contributed by atoms with Crippen LogP contribution in [-0.2, 0) is 13.1 Å². The lowest BCUT2D eigenvalue weighted by Gasteiger charge is -2.26. The minimum atomic E-state index is 0.927. The number of benzene rings is 2. The van der Waals surface area contributed by atoms with Gasteiger partial charge in [0.25, 0.3) is 0 Å². The molecule has 2 rings (SSSR count). The van der Waals surface area contributed by atoms with Crippen LogP contribution in [0.2, 0.25) is 0 Å². The minimum Gasteiger partial charge on any atom is -0.378 e. The van der Waals surface area contributed by atoms with E-state index in [-0.39, 0.29) is 0 Å². The van der Waals surface area contributed by atoms with Crippen LogP contribution < -0.4 is 9.80 Å². The smallest absolute Gasteiger partial charge is 0.0364 e. The van der Waals surface area contributed by atoms with E-state index in [1.54, 1.807) is 0 Å². The third-order valence-electron chi connectivity index (χ3n) is 6.24. The van der Waals surface area contributed by atoms with E-state index < -0.39 is 0 Å². The fourth-order valence-electron chi connectivity index (χ4n) is 3.98. The Hall–Kier alpha value is -2.12. The van der Waals surface area contributed by atoms with Gasteiger partial charge in [-0.15, -0.1) is 0 Å². The van der Waals surface area contributed by atoms with Gasteiger partial charge in [0.05, 0.1) is 0 Å². The summed E-state index contributed by atoms with van der Waals surface area (Å²) in [6.07, 6.45) is 0. The van der Waals surface area contributed by atoms with Gasteiger partial charge in [-0.3, -0.25) is 0 Å². The molecule has 0 spiro atoms. The van der Waals surface area contributed by atoms with Crippen LogP contribution in [0.4, 0.5) is 11.4 Å². The molecule has 0 saturated heterocycles. The first-order valence-electron chi connectivity index (χ1n) is 12.2. The molecule has 190 valence electrons. The Labute approximate surface area is 209 Å². The molecule has 0 N–H and O–H groups in total. The quantitative estimate of drug-likeness (QED) is 0.445. The van der Waals surface area contributed by atoms with Crippen LogP contribution >= 0.6 is 0 Å². The second-order valence-electron chi connectivity index (χ2n) is 10.6. The van der Waals surface area contributed by atoms with E-state index in [4.69, 9.17) is 0 Å². The summed E-state index contributed by atoms with van der Waals surface area (Å²) >= 11 is 0. The first-order valence-corrected chi connectivity index (χ1v) is 12.2. The van der Waals surface area contributed by atoms with Crippen molar-refractivity contribution in [1.82, 2.24) is 19.6 Å². The standard InChI is InChI=1S/C28H48N6/c1-29(2)15-17-33(9)21-23-19-25(31(5)6)11-13-27(23)28-14-12-26(32(7)8)20-24(28)22-34(10)18-16-30(3)4/h11-14,19-20H,15-18,21-22H2,1-10H3. The second kappa shape index (κ2) is 13.1. The fraction of sp³-hybridized carbons (Fsp3) is 0.571. The maximum absolute atomic E-state index is 2.43. The van der Waals surface area contributed by atoms with Crippen LogP contribution in [-0.4, -0.2) is 116 Å². The van der Waals surface area contributed by atoms with Crippen LogP contribution in [0.1, 0.15) is 11.1 Å². The molecule has 0 heterocycles. The van der Waals surface area contributed by atoms with Gasteiger partial charge in [-0.05, 0) is 88.8 Å². The van der Waals surface area contributed by atoms with Crippen LogP contribution in [0, 0.1) is 0 Å². The van der Waals surface area contributed by atoms with Gasteiger partial charge >= 0.3 is 0 Å². The molecule has 0 bridgehead atoms. The summed E-state index contributed by atoms with van der Waals surface area (Å²) in [6, 6.07) is 13.9. The molecule has 0 atom stereocenters. The summed E-state index contributed by atoms with van der Waals surface area (Å²) in [5, 5.41) is 0. The SMILES string of the molecule is CN(C)CCN(C)Cc1cc(N(C)C)ccc1-c1ccc(N(C)C)cc1CN(C)CCN(C)C. The highest BCUT2D eigenvalue weighted by atomic mass is 15.2. The van der Waals surface area contributed by atoms with E-state index in [2.05, 4.69) is 136 Å². The molecule has 0 saturated carbocycles.